The molecule has 0 saturated carbocycles. The van der Waals surface area contributed by atoms with E-state index in [1.54, 1.807) is 12.1 Å². The molecule has 1 aromatic carbocycles. The Morgan fingerprint density at radius 3 is 2.50 bits per heavy atom. The van der Waals surface area contributed by atoms with Gasteiger partial charge in [0, 0.05) is 11.7 Å². The van der Waals surface area contributed by atoms with E-state index in [2.05, 4.69) is 17.6 Å². The number of halogens is 1. The van der Waals surface area contributed by atoms with Crippen LogP contribution in [0.25, 0.3) is 0 Å². The third-order valence-electron chi connectivity index (χ3n) is 3.33. The monoisotopic (exact) mass is 222 g/mol. The second kappa shape index (κ2) is 5.30. The fraction of sp³-hybridized carbons (Fsp3) is 0.538. The summed E-state index contributed by atoms with van der Waals surface area (Å²) in [5, 5.41) is 6.81. The zero-order valence-electron chi connectivity index (χ0n) is 9.67. The normalized spacial score (nSPS) is 19.4. The van der Waals surface area contributed by atoms with Crippen LogP contribution in [-0.4, -0.2) is 19.1 Å². The highest BCUT2D eigenvalue weighted by molar-refractivity contribution is 5.43. The molecule has 1 heterocycles. The molecule has 0 bridgehead atoms. The Bertz CT molecular complexity index is 317. The largest absolute Gasteiger partial charge is 0.382 e. The quantitative estimate of drug-likeness (QED) is 0.821. The zero-order chi connectivity index (χ0) is 11.4. The molecule has 0 aliphatic carbocycles. The maximum atomic E-state index is 12.7. The van der Waals surface area contributed by atoms with E-state index in [4.69, 9.17) is 0 Å². The van der Waals surface area contributed by atoms with Gasteiger partial charge in [0.2, 0.25) is 0 Å². The first-order chi connectivity index (χ1) is 7.75. The number of benzene rings is 1. The average Bonchev–Trinajstić information content (AvgIpc) is 2.33. The lowest BCUT2D eigenvalue weighted by Crippen LogP contribution is -2.36. The van der Waals surface area contributed by atoms with E-state index in [0.717, 1.165) is 18.8 Å². The summed E-state index contributed by atoms with van der Waals surface area (Å²) in [5.74, 6) is 0.534. The van der Waals surface area contributed by atoms with Crippen LogP contribution in [0.1, 0.15) is 19.8 Å². The summed E-state index contributed by atoms with van der Waals surface area (Å²) < 4.78 is 12.7. The molecule has 0 spiro atoms. The van der Waals surface area contributed by atoms with Crippen molar-refractivity contribution in [3.8, 4) is 0 Å². The van der Waals surface area contributed by atoms with E-state index in [0.29, 0.717) is 12.0 Å². The molecule has 1 fully saturated rings. The molecule has 2 nitrogen and oxygen atoms in total. The molecule has 0 amide bonds. The van der Waals surface area contributed by atoms with Gasteiger partial charge >= 0.3 is 0 Å². The fourth-order valence-electron chi connectivity index (χ4n) is 2.27. The number of hydrogen-bond donors (Lipinski definition) is 2. The van der Waals surface area contributed by atoms with Crippen molar-refractivity contribution >= 4 is 5.69 Å². The SMILES string of the molecule is CC(Nc1ccc(F)cc1)C1CCNCC1. The molecule has 1 aromatic rings. The lowest BCUT2D eigenvalue weighted by atomic mass is 9.91. The van der Waals surface area contributed by atoms with Crippen molar-refractivity contribution in [2.24, 2.45) is 5.92 Å². The Balaban J connectivity index is 1.90. The van der Waals surface area contributed by atoms with Crippen molar-refractivity contribution in [3.05, 3.63) is 30.1 Å². The minimum atomic E-state index is -0.180. The summed E-state index contributed by atoms with van der Waals surface area (Å²) in [7, 11) is 0. The predicted molar refractivity (Wildman–Crippen MR) is 65.1 cm³/mol. The summed E-state index contributed by atoms with van der Waals surface area (Å²) in [5.41, 5.74) is 1.01. The molecule has 0 aromatic heterocycles. The fourth-order valence-corrected chi connectivity index (χ4v) is 2.27. The van der Waals surface area contributed by atoms with Crippen molar-refractivity contribution in [1.82, 2.24) is 5.32 Å². The van der Waals surface area contributed by atoms with Gasteiger partial charge in [-0.25, -0.2) is 4.39 Å². The Morgan fingerprint density at radius 1 is 1.25 bits per heavy atom. The minimum Gasteiger partial charge on any atom is -0.382 e. The molecule has 1 unspecified atom stereocenters. The van der Waals surface area contributed by atoms with Gasteiger partial charge in [0.1, 0.15) is 5.82 Å². The number of hydrogen-bond acceptors (Lipinski definition) is 2. The first-order valence-corrected chi connectivity index (χ1v) is 5.98. The first-order valence-electron chi connectivity index (χ1n) is 5.98. The smallest absolute Gasteiger partial charge is 0.123 e. The molecule has 2 rings (SSSR count). The maximum Gasteiger partial charge on any atom is 0.123 e. The first kappa shape index (κ1) is 11.4. The highest BCUT2D eigenvalue weighted by Crippen LogP contribution is 2.20. The molecule has 3 heteroatoms. The van der Waals surface area contributed by atoms with E-state index in [-0.39, 0.29) is 5.82 Å². The minimum absolute atomic E-state index is 0.180. The zero-order valence-corrected chi connectivity index (χ0v) is 9.67. The van der Waals surface area contributed by atoms with Gasteiger partial charge in [-0.2, -0.15) is 0 Å². The van der Waals surface area contributed by atoms with Crippen molar-refractivity contribution in [1.29, 1.82) is 0 Å². The summed E-state index contributed by atoms with van der Waals surface area (Å²) in [6.07, 6.45) is 2.44. The third kappa shape index (κ3) is 2.95. The third-order valence-corrected chi connectivity index (χ3v) is 3.33. The van der Waals surface area contributed by atoms with Crippen LogP contribution in [0.3, 0.4) is 0 Å². The van der Waals surface area contributed by atoms with E-state index >= 15 is 0 Å². The van der Waals surface area contributed by atoms with Crippen LogP contribution in [0.2, 0.25) is 0 Å². The Morgan fingerprint density at radius 2 is 1.88 bits per heavy atom. The highest BCUT2D eigenvalue weighted by atomic mass is 19.1. The van der Waals surface area contributed by atoms with Crippen molar-refractivity contribution in [3.63, 3.8) is 0 Å². The van der Waals surface area contributed by atoms with Crippen LogP contribution in [-0.2, 0) is 0 Å². The summed E-state index contributed by atoms with van der Waals surface area (Å²) in [4.78, 5) is 0. The number of nitrogens with one attached hydrogen (secondary N) is 2. The second-order valence-corrected chi connectivity index (χ2v) is 4.53. The Labute approximate surface area is 96.2 Å². The molecule has 2 N–H and O–H groups in total. The molecular formula is C13H19FN2. The highest BCUT2D eigenvalue weighted by Gasteiger charge is 2.19. The van der Waals surface area contributed by atoms with Gasteiger partial charge in [-0.1, -0.05) is 0 Å². The lowest BCUT2D eigenvalue weighted by molar-refractivity contribution is 0.343. The Kier molecular flexibility index (Phi) is 3.78. The molecule has 1 aliphatic heterocycles. The van der Waals surface area contributed by atoms with Crippen LogP contribution in [0.4, 0.5) is 10.1 Å². The molecule has 16 heavy (non-hydrogen) atoms. The van der Waals surface area contributed by atoms with E-state index < -0.39 is 0 Å². The molecular weight excluding hydrogens is 203 g/mol. The molecule has 0 radical (unpaired) electrons. The van der Waals surface area contributed by atoms with Gasteiger partial charge < -0.3 is 10.6 Å². The average molecular weight is 222 g/mol. The van der Waals surface area contributed by atoms with Gasteiger partial charge in [0.05, 0.1) is 0 Å². The number of anilines is 1. The topological polar surface area (TPSA) is 24.1 Å². The van der Waals surface area contributed by atoms with Crippen molar-refractivity contribution in [2.75, 3.05) is 18.4 Å². The molecule has 88 valence electrons. The number of rotatable bonds is 3. The molecule has 1 atom stereocenters. The van der Waals surface area contributed by atoms with Gasteiger partial charge in [-0.3, -0.25) is 0 Å². The van der Waals surface area contributed by atoms with Crippen LogP contribution in [0, 0.1) is 11.7 Å². The van der Waals surface area contributed by atoms with Gasteiger partial charge in [0.25, 0.3) is 0 Å². The molecule has 1 saturated heterocycles. The molecule has 1 aliphatic rings. The van der Waals surface area contributed by atoms with Gasteiger partial charge in [-0.15, -0.1) is 0 Å². The second-order valence-electron chi connectivity index (χ2n) is 4.53. The van der Waals surface area contributed by atoms with Gasteiger partial charge in [-0.05, 0) is 63.0 Å². The van der Waals surface area contributed by atoms with Crippen LogP contribution in [0.15, 0.2) is 24.3 Å². The Hall–Kier alpha value is -1.09. The summed E-state index contributed by atoms with van der Waals surface area (Å²) in [6.45, 7) is 4.43. The van der Waals surface area contributed by atoms with E-state index in [9.17, 15) is 4.39 Å². The van der Waals surface area contributed by atoms with Crippen LogP contribution >= 0.6 is 0 Å². The maximum absolute atomic E-state index is 12.7. The summed E-state index contributed by atoms with van der Waals surface area (Å²) >= 11 is 0. The van der Waals surface area contributed by atoms with Gasteiger partial charge in [0.15, 0.2) is 0 Å². The van der Waals surface area contributed by atoms with Crippen molar-refractivity contribution in [2.45, 2.75) is 25.8 Å². The predicted octanol–water partition coefficient (Wildman–Crippen LogP) is 2.63. The van der Waals surface area contributed by atoms with E-state index in [1.807, 2.05) is 0 Å². The van der Waals surface area contributed by atoms with Crippen LogP contribution in [0.5, 0.6) is 0 Å². The van der Waals surface area contributed by atoms with E-state index in [1.165, 1.54) is 25.0 Å². The van der Waals surface area contributed by atoms with Crippen LogP contribution < -0.4 is 10.6 Å². The number of piperidine rings is 1. The standard InChI is InChI=1S/C13H19FN2/c1-10(11-6-8-15-9-7-11)16-13-4-2-12(14)3-5-13/h2-5,10-11,15-16H,6-9H2,1H3. The summed E-state index contributed by atoms with van der Waals surface area (Å²) in [6, 6.07) is 7.04. The lowest BCUT2D eigenvalue weighted by Gasteiger charge is -2.29. The van der Waals surface area contributed by atoms with Crippen molar-refractivity contribution < 1.29 is 4.39 Å².